The van der Waals surface area contributed by atoms with Gasteiger partial charge in [-0.1, -0.05) is 24.6 Å². The second-order valence-corrected chi connectivity index (χ2v) is 4.58. The number of rotatable bonds is 5. The molecular formula is C15H15ClN2O2. The average molecular weight is 291 g/mol. The highest BCUT2D eigenvalue weighted by molar-refractivity contribution is 6.29. The van der Waals surface area contributed by atoms with Crippen molar-refractivity contribution >= 4 is 23.2 Å². The summed E-state index contributed by atoms with van der Waals surface area (Å²) in [5, 5.41) is 3.10. The van der Waals surface area contributed by atoms with Gasteiger partial charge in [0.15, 0.2) is 0 Å². The molecule has 1 amide bonds. The molecule has 1 aromatic carbocycles. The molecule has 2 aromatic rings. The molecule has 5 heteroatoms. The zero-order chi connectivity index (χ0) is 14.4. The Kier molecular flexibility index (Phi) is 4.96. The lowest BCUT2D eigenvalue weighted by Crippen LogP contribution is -2.12. The lowest BCUT2D eigenvalue weighted by molar-refractivity contribution is 0.102. The van der Waals surface area contributed by atoms with E-state index in [1.807, 2.05) is 13.0 Å². The topological polar surface area (TPSA) is 51.2 Å². The van der Waals surface area contributed by atoms with Crippen LogP contribution in [-0.2, 0) is 0 Å². The van der Waals surface area contributed by atoms with E-state index in [4.69, 9.17) is 16.3 Å². The number of aromatic nitrogens is 1. The molecule has 1 N–H and O–H groups in total. The van der Waals surface area contributed by atoms with Crippen molar-refractivity contribution in [1.29, 1.82) is 0 Å². The molecule has 1 aromatic heterocycles. The van der Waals surface area contributed by atoms with Crippen molar-refractivity contribution < 1.29 is 9.53 Å². The number of benzene rings is 1. The van der Waals surface area contributed by atoms with Gasteiger partial charge >= 0.3 is 0 Å². The minimum absolute atomic E-state index is 0.214. The fourth-order valence-electron chi connectivity index (χ4n) is 1.63. The Morgan fingerprint density at radius 3 is 2.95 bits per heavy atom. The molecule has 1 heterocycles. The van der Waals surface area contributed by atoms with E-state index < -0.39 is 0 Å². The van der Waals surface area contributed by atoms with Gasteiger partial charge in [-0.3, -0.25) is 4.79 Å². The smallest absolute Gasteiger partial charge is 0.255 e. The molecule has 20 heavy (non-hydrogen) atoms. The number of amides is 1. The van der Waals surface area contributed by atoms with Gasteiger partial charge in [-0.2, -0.15) is 0 Å². The molecule has 0 radical (unpaired) electrons. The van der Waals surface area contributed by atoms with E-state index >= 15 is 0 Å². The quantitative estimate of drug-likeness (QED) is 0.853. The van der Waals surface area contributed by atoms with E-state index in [1.54, 1.807) is 36.5 Å². The Bertz CT molecular complexity index is 602. The Morgan fingerprint density at radius 2 is 2.20 bits per heavy atom. The van der Waals surface area contributed by atoms with E-state index in [1.165, 1.54) is 0 Å². The zero-order valence-corrected chi connectivity index (χ0v) is 11.9. The Labute approximate surface area is 122 Å². The SMILES string of the molecule is CCCOc1cccc(C(=O)Nc2ccnc(Cl)c2)c1. The van der Waals surface area contributed by atoms with Crippen molar-refractivity contribution in [1.82, 2.24) is 4.98 Å². The van der Waals surface area contributed by atoms with Crippen LogP contribution in [0.25, 0.3) is 0 Å². The lowest BCUT2D eigenvalue weighted by atomic mass is 10.2. The van der Waals surface area contributed by atoms with Crippen LogP contribution in [-0.4, -0.2) is 17.5 Å². The summed E-state index contributed by atoms with van der Waals surface area (Å²) in [7, 11) is 0. The first-order valence-corrected chi connectivity index (χ1v) is 6.72. The molecular weight excluding hydrogens is 276 g/mol. The molecule has 4 nitrogen and oxygen atoms in total. The summed E-state index contributed by atoms with van der Waals surface area (Å²) in [5.74, 6) is 0.474. The molecule has 0 aliphatic carbocycles. The van der Waals surface area contributed by atoms with Gasteiger partial charge in [0, 0.05) is 17.4 Å². The van der Waals surface area contributed by atoms with Crippen LogP contribution in [0.5, 0.6) is 5.75 Å². The van der Waals surface area contributed by atoms with E-state index in [2.05, 4.69) is 10.3 Å². The first kappa shape index (κ1) is 14.3. The summed E-state index contributed by atoms with van der Waals surface area (Å²) in [4.78, 5) is 16.0. The van der Waals surface area contributed by atoms with Crippen LogP contribution in [0.2, 0.25) is 5.15 Å². The second-order valence-electron chi connectivity index (χ2n) is 4.20. The number of hydrogen-bond acceptors (Lipinski definition) is 3. The number of nitrogens with one attached hydrogen (secondary N) is 1. The number of halogens is 1. The highest BCUT2D eigenvalue weighted by Crippen LogP contribution is 2.16. The van der Waals surface area contributed by atoms with Crippen molar-refractivity contribution in [2.75, 3.05) is 11.9 Å². The molecule has 0 saturated carbocycles. The van der Waals surface area contributed by atoms with Gasteiger partial charge < -0.3 is 10.1 Å². The number of carbonyl (C=O) groups is 1. The van der Waals surface area contributed by atoms with Crippen molar-refractivity contribution in [3.05, 3.63) is 53.3 Å². The molecule has 0 fully saturated rings. The maximum atomic E-state index is 12.1. The van der Waals surface area contributed by atoms with Crippen molar-refractivity contribution in [3.8, 4) is 5.75 Å². The number of anilines is 1. The standard InChI is InChI=1S/C15H15ClN2O2/c1-2-8-20-13-5-3-4-11(9-13)15(19)18-12-6-7-17-14(16)10-12/h3-7,9-10H,2,8H2,1H3,(H,17,18,19). The first-order chi connectivity index (χ1) is 9.69. The Morgan fingerprint density at radius 1 is 1.35 bits per heavy atom. The third-order valence-electron chi connectivity index (χ3n) is 2.55. The molecule has 0 aliphatic heterocycles. The van der Waals surface area contributed by atoms with Crippen LogP contribution in [0.15, 0.2) is 42.6 Å². The highest BCUT2D eigenvalue weighted by Gasteiger charge is 2.07. The molecule has 0 saturated heterocycles. The fourth-order valence-corrected chi connectivity index (χ4v) is 1.80. The third kappa shape index (κ3) is 3.96. The lowest BCUT2D eigenvalue weighted by Gasteiger charge is -2.08. The van der Waals surface area contributed by atoms with Gasteiger partial charge in [-0.25, -0.2) is 4.98 Å². The van der Waals surface area contributed by atoms with E-state index in [-0.39, 0.29) is 5.91 Å². The van der Waals surface area contributed by atoms with Crippen LogP contribution in [0.4, 0.5) is 5.69 Å². The normalized spacial score (nSPS) is 10.1. The van der Waals surface area contributed by atoms with Gasteiger partial charge in [-0.05, 0) is 36.8 Å². The van der Waals surface area contributed by atoms with Crippen LogP contribution in [0.3, 0.4) is 0 Å². The van der Waals surface area contributed by atoms with E-state index in [0.29, 0.717) is 28.8 Å². The minimum atomic E-state index is -0.214. The molecule has 0 spiro atoms. The monoisotopic (exact) mass is 290 g/mol. The van der Waals surface area contributed by atoms with Crippen LogP contribution in [0, 0.1) is 0 Å². The predicted molar refractivity (Wildman–Crippen MR) is 79.4 cm³/mol. The molecule has 0 unspecified atom stereocenters. The van der Waals surface area contributed by atoms with Crippen molar-refractivity contribution in [3.63, 3.8) is 0 Å². The van der Waals surface area contributed by atoms with Crippen LogP contribution in [0.1, 0.15) is 23.7 Å². The Hall–Kier alpha value is -2.07. The summed E-state index contributed by atoms with van der Waals surface area (Å²) < 4.78 is 5.50. The summed E-state index contributed by atoms with van der Waals surface area (Å²) in [6.45, 7) is 2.66. The maximum Gasteiger partial charge on any atom is 0.255 e. The largest absolute Gasteiger partial charge is 0.494 e. The Balaban J connectivity index is 2.09. The zero-order valence-electron chi connectivity index (χ0n) is 11.1. The number of nitrogens with zero attached hydrogens (tertiary/aromatic N) is 1. The molecule has 0 atom stereocenters. The van der Waals surface area contributed by atoms with Gasteiger partial charge in [0.1, 0.15) is 10.9 Å². The van der Waals surface area contributed by atoms with Gasteiger partial charge in [0.05, 0.1) is 6.61 Å². The molecule has 0 aliphatic rings. The average Bonchev–Trinajstić information content (AvgIpc) is 2.45. The second kappa shape index (κ2) is 6.91. The molecule has 104 valence electrons. The maximum absolute atomic E-state index is 12.1. The summed E-state index contributed by atoms with van der Waals surface area (Å²) in [6, 6.07) is 10.3. The van der Waals surface area contributed by atoms with Crippen molar-refractivity contribution in [2.45, 2.75) is 13.3 Å². The first-order valence-electron chi connectivity index (χ1n) is 6.35. The summed E-state index contributed by atoms with van der Waals surface area (Å²) in [6.07, 6.45) is 2.46. The number of pyridine rings is 1. The number of carbonyl (C=O) groups excluding carboxylic acids is 1. The fraction of sp³-hybridized carbons (Fsp3) is 0.200. The van der Waals surface area contributed by atoms with Crippen LogP contribution < -0.4 is 10.1 Å². The summed E-state index contributed by atoms with van der Waals surface area (Å²) in [5.41, 5.74) is 1.14. The van der Waals surface area contributed by atoms with E-state index in [9.17, 15) is 4.79 Å². The molecule has 0 bridgehead atoms. The number of ether oxygens (including phenoxy) is 1. The number of hydrogen-bond donors (Lipinski definition) is 1. The highest BCUT2D eigenvalue weighted by atomic mass is 35.5. The summed E-state index contributed by atoms with van der Waals surface area (Å²) >= 11 is 5.77. The van der Waals surface area contributed by atoms with Crippen molar-refractivity contribution in [2.24, 2.45) is 0 Å². The third-order valence-corrected chi connectivity index (χ3v) is 2.76. The molecule has 2 rings (SSSR count). The van der Waals surface area contributed by atoms with Gasteiger partial charge in [0.2, 0.25) is 0 Å². The van der Waals surface area contributed by atoms with E-state index in [0.717, 1.165) is 6.42 Å². The minimum Gasteiger partial charge on any atom is -0.494 e. The van der Waals surface area contributed by atoms with Gasteiger partial charge in [-0.15, -0.1) is 0 Å². The predicted octanol–water partition coefficient (Wildman–Crippen LogP) is 3.78. The van der Waals surface area contributed by atoms with Gasteiger partial charge in [0.25, 0.3) is 5.91 Å². The van der Waals surface area contributed by atoms with Crippen LogP contribution >= 0.6 is 11.6 Å².